The van der Waals surface area contributed by atoms with E-state index in [2.05, 4.69) is 52.4 Å². The van der Waals surface area contributed by atoms with Gasteiger partial charge in [0, 0.05) is 50.6 Å². The molecule has 1 fully saturated rings. The van der Waals surface area contributed by atoms with Gasteiger partial charge in [0.15, 0.2) is 0 Å². The van der Waals surface area contributed by atoms with Gasteiger partial charge in [-0.15, -0.1) is 11.3 Å². The number of rotatable bonds is 6. The van der Waals surface area contributed by atoms with Crippen LogP contribution in [-0.4, -0.2) is 48.4 Å². The number of carbonyl (C=O) groups is 1. The molecule has 1 aliphatic heterocycles. The van der Waals surface area contributed by atoms with Gasteiger partial charge < -0.3 is 10.2 Å². The first-order valence-corrected chi connectivity index (χ1v) is 11.3. The molecular weight excluding hydrogens is 380 g/mol. The van der Waals surface area contributed by atoms with E-state index in [0.717, 1.165) is 69.1 Å². The Bertz CT molecular complexity index is 921. The van der Waals surface area contributed by atoms with Crippen LogP contribution in [0.2, 0.25) is 0 Å². The highest BCUT2D eigenvalue weighted by Crippen LogP contribution is 2.38. The van der Waals surface area contributed by atoms with Crippen molar-refractivity contribution in [1.29, 1.82) is 5.26 Å². The van der Waals surface area contributed by atoms with Gasteiger partial charge in [0.25, 0.3) is 0 Å². The van der Waals surface area contributed by atoms with Crippen LogP contribution in [0.3, 0.4) is 0 Å². The molecule has 1 aliphatic carbocycles. The van der Waals surface area contributed by atoms with Crippen LogP contribution in [0.25, 0.3) is 0 Å². The quantitative estimate of drug-likeness (QED) is 0.794. The van der Waals surface area contributed by atoms with E-state index in [9.17, 15) is 10.1 Å². The minimum atomic E-state index is 0.0172. The molecule has 0 atom stereocenters. The zero-order chi connectivity index (χ0) is 20.2. The Balaban J connectivity index is 1.22. The molecule has 1 aromatic carbocycles. The van der Waals surface area contributed by atoms with E-state index in [1.165, 1.54) is 16.0 Å². The fourth-order valence-electron chi connectivity index (χ4n) is 4.30. The summed E-state index contributed by atoms with van der Waals surface area (Å²) in [6, 6.07) is 11.0. The maximum atomic E-state index is 12.4. The Hall–Kier alpha value is -2.20. The van der Waals surface area contributed by atoms with Gasteiger partial charge in [0.05, 0.1) is 5.56 Å². The van der Waals surface area contributed by atoms with Crippen LogP contribution in [0.4, 0.5) is 5.00 Å². The highest BCUT2D eigenvalue weighted by atomic mass is 32.1. The summed E-state index contributed by atoms with van der Waals surface area (Å²) in [5, 5.41) is 13.2. The van der Waals surface area contributed by atoms with Crippen LogP contribution >= 0.6 is 11.3 Å². The number of nitriles is 1. The summed E-state index contributed by atoms with van der Waals surface area (Å²) in [6.07, 6.45) is 3.61. The van der Waals surface area contributed by atoms with Crippen molar-refractivity contribution in [3.05, 3.63) is 51.4 Å². The summed E-state index contributed by atoms with van der Waals surface area (Å²) in [7, 11) is 0. The molecule has 1 amide bonds. The Morgan fingerprint density at radius 3 is 2.76 bits per heavy atom. The topological polar surface area (TPSA) is 59.4 Å². The molecule has 152 valence electrons. The average Bonchev–Trinajstić information content (AvgIpc) is 3.28. The monoisotopic (exact) mass is 408 g/mol. The van der Waals surface area contributed by atoms with E-state index in [1.54, 1.807) is 11.3 Å². The standard InChI is InChI=1S/C23H28N4OS/c1-17-4-2-5-18(14-17)16-27-12-10-26(11-13-27)9-8-22(28)25-23-20(15-24)19-6-3-7-21(19)29-23/h2,4-5,14H,3,6-13,16H2,1H3,(H,25,28). The molecule has 6 heteroatoms. The fourth-order valence-corrected chi connectivity index (χ4v) is 5.56. The number of aryl methyl sites for hydroxylation is 2. The Morgan fingerprint density at radius 2 is 2.00 bits per heavy atom. The predicted octanol–water partition coefficient (Wildman–Crippen LogP) is 3.56. The van der Waals surface area contributed by atoms with Gasteiger partial charge in [-0.05, 0) is 37.3 Å². The van der Waals surface area contributed by atoms with Crippen LogP contribution in [-0.2, 0) is 24.2 Å². The second kappa shape index (κ2) is 9.08. The van der Waals surface area contributed by atoms with Gasteiger partial charge in [0.2, 0.25) is 5.91 Å². The van der Waals surface area contributed by atoms with Crippen molar-refractivity contribution >= 4 is 22.2 Å². The van der Waals surface area contributed by atoms with Crippen LogP contribution in [0.15, 0.2) is 24.3 Å². The number of nitrogens with zero attached hydrogens (tertiary/aromatic N) is 3. The zero-order valence-corrected chi connectivity index (χ0v) is 17.9. The lowest BCUT2D eigenvalue weighted by molar-refractivity contribution is -0.116. The van der Waals surface area contributed by atoms with E-state index >= 15 is 0 Å². The summed E-state index contributed by atoms with van der Waals surface area (Å²) in [5.41, 5.74) is 4.54. The van der Waals surface area contributed by atoms with E-state index in [-0.39, 0.29) is 5.91 Å². The van der Waals surface area contributed by atoms with Gasteiger partial charge in [0.1, 0.15) is 11.1 Å². The highest BCUT2D eigenvalue weighted by molar-refractivity contribution is 7.16. The number of hydrogen-bond acceptors (Lipinski definition) is 5. The maximum Gasteiger partial charge on any atom is 0.226 e. The van der Waals surface area contributed by atoms with Gasteiger partial charge >= 0.3 is 0 Å². The first-order valence-electron chi connectivity index (χ1n) is 10.5. The third-order valence-electron chi connectivity index (χ3n) is 5.89. The number of benzene rings is 1. The first-order chi connectivity index (χ1) is 14.1. The van der Waals surface area contributed by atoms with Crippen molar-refractivity contribution in [2.45, 2.75) is 39.2 Å². The molecule has 29 heavy (non-hydrogen) atoms. The number of anilines is 1. The number of fused-ring (bicyclic) bond motifs is 1. The molecule has 5 nitrogen and oxygen atoms in total. The number of piperazine rings is 1. The Morgan fingerprint density at radius 1 is 1.21 bits per heavy atom. The molecule has 0 radical (unpaired) electrons. The number of nitrogens with one attached hydrogen (secondary N) is 1. The Labute approximate surface area is 176 Å². The molecule has 0 unspecified atom stereocenters. The van der Waals surface area contributed by atoms with Crippen molar-refractivity contribution < 1.29 is 4.79 Å². The van der Waals surface area contributed by atoms with Gasteiger partial charge in [-0.3, -0.25) is 9.69 Å². The van der Waals surface area contributed by atoms with E-state index in [0.29, 0.717) is 12.0 Å². The van der Waals surface area contributed by atoms with Gasteiger partial charge in [-0.1, -0.05) is 29.8 Å². The van der Waals surface area contributed by atoms with Crippen LogP contribution in [0.5, 0.6) is 0 Å². The normalized spacial score (nSPS) is 17.1. The number of hydrogen-bond donors (Lipinski definition) is 1. The Kier molecular flexibility index (Phi) is 6.29. The lowest BCUT2D eigenvalue weighted by Crippen LogP contribution is -2.46. The van der Waals surface area contributed by atoms with Gasteiger partial charge in [-0.2, -0.15) is 5.26 Å². The molecule has 2 aliphatic rings. The molecular formula is C23H28N4OS. The second-order valence-corrected chi connectivity index (χ2v) is 9.18. The third kappa shape index (κ3) is 4.87. The number of amides is 1. The molecule has 0 saturated carbocycles. The zero-order valence-electron chi connectivity index (χ0n) is 17.0. The minimum Gasteiger partial charge on any atom is -0.317 e. The molecule has 4 rings (SSSR count). The second-order valence-electron chi connectivity index (χ2n) is 8.08. The first kappa shape index (κ1) is 20.1. The summed E-state index contributed by atoms with van der Waals surface area (Å²) in [6.45, 7) is 7.96. The van der Waals surface area contributed by atoms with E-state index < -0.39 is 0 Å². The van der Waals surface area contributed by atoms with Crippen LogP contribution < -0.4 is 5.32 Å². The summed E-state index contributed by atoms with van der Waals surface area (Å²) >= 11 is 1.59. The molecule has 1 N–H and O–H groups in total. The number of carbonyl (C=O) groups excluding carboxylic acids is 1. The molecule has 1 saturated heterocycles. The van der Waals surface area contributed by atoms with Crippen LogP contribution in [0, 0.1) is 18.3 Å². The summed E-state index contributed by atoms with van der Waals surface area (Å²) in [4.78, 5) is 18.6. The third-order valence-corrected chi connectivity index (χ3v) is 7.10. The fraction of sp³-hybridized carbons (Fsp3) is 0.478. The summed E-state index contributed by atoms with van der Waals surface area (Å²) in [5.74, 6) is 0.0172. The van der Waals surface area contributed by atoms with Crippen molar-refractivity contribution in [2.24, 2.45) is 0 Å². The van der Waals surface area contributed by atoms with E-state index in [1.807, 2.05) is 0 Å². The van der Waals surface area contributed by atoms with Crippen molar-refractivity contribution in [2.75, 3.05) is 38.0 Å². The SMILES string of the molecule is Cc1cccc(CN2CCN(CCC(=O)Nc3sc4c(c3C#N)CCC4)CC2)c1. The molecule has 0 spiro atoms. The molecule has 1 aromatic heterocycles. The smallest absolute Gasteiger partial charge is 0.226 e. The van der Waals surface area contributed by atoms with Crippen LogP contribution in [0.1, 0.15) is 40.0 Å². The molecule has 2 aromatic rings. The molecule has 0 bridgehead atoms. The lowest BCUT2D eigenvalue weighted by atomic mass is 10.1. The lowest BCUT2D eigenvalue weighted by Gasteiger charge is -2.34. The van der Waals surface area contributed by atoms with Crippen molar-refractivity contribution in [1.82, 2.24) is 9.80 Å². The highest BCUT2D eigenvalue weighted by Gasteiger charge is 2.23. The summed E-state index contributed by atoms with van der Waals surface area (Å²) < 4.78 is 0. The number of thiophene rings is 1. The van der Waals surface area contributed by atoms with Gasteiger partial charge in [-0.25, -0.2) is 0 Å². The minimum absolute atomic E-state index is 0.0172. The maximum absolute atomic E-state index is 12.4. The van der Waals surface area contributed by atoms with Crippen molar-refractivity contribution in [3.63, 3.8) is 0 Å². The molecule has 2 heterocycles. The average molecular weight is 409 g/mol. The largest absolute Gasteiger partial charge is 0.317 e. The van der Waals surface area contributed by atoms with E-state index in [4.69, 9.17) is 0 Å². The predicted molar refractivity (Wildman–Crippen MR) is 117 cm³/mol. The van der Waals surface area contributed by atoms with Crippen molar-refractivity contribution in [3.8, 4) is 6.07 Å².